The molecule has 2 heterocycles. The molecule has 1 saturated heterocycles. The van der Waals surface area contributed by atoms with E-state index < -0.39 is 0 Å². The maximum absolute atomic E-state index is 5.92. The van der Waals surface area contributed by atoms with Gasteiger partial charge in [-0.05, 0) is 19.1 Å². The van der Waals surface area contributed by atoms with Crippen molar-refractivity contribution in [2.75, 3.05) is 37.3 Å². The topological polar surface area (TPSA) is 51.5 Å². The van der Waals surface area contributed by atoms with Crippen molar-refractivity contribution in [2.45, 2.75) is 31.2 Å². The van der Waals surface area contributed by atoms with Gasteiger partial charge in [-0.15, -0.1) is 10.2 Å². The summed E-state index contributed by atoms with van der Waals surface area (Å²) in [4.78, 5) is 1.66. The number of hydrogen-bond acceptors (Lipinski definition) is 6. The highest BCUT2D eigenvalue weighted by Gasteiger charge is 2.24. The zero-order chi connectivity index (χ0) is 17.6. The van der Waals surface area contributed by atoms with Crippen LogP contribution in [0, 0.1) is 12.8 Å². The Morgan fingerprint density at radius 2 is 2.12 bits per heavy atom. The Labute approximate surface area is 158 Å². The van der Waals surface area contributed by atoms with Gasteiger partial charge in [0.25, 0.3) is 0 Å². The molecule has 1 aliphatic rings. The lowest BCUT2D eigenvalue weighted by Gasteiger charge is -2.30. The van der Waals surface area contributed by atoms with E-state index in [0.717, 1.165) is 46.5 Å². The molecule has 0 spiro atoms. The van der Waals surface area contributed by atoms with Crippen LogP contribution in [-0.2, 0) is 4.74 Å². The molecular formula is C18H27N4OS2+. The normalized spacial score (nSPS) is 20.8. The van der Waals surface area contributed by atoms with Gasteiger partial charge in [0.05, 0.1) is 13.2 Å². The lowest BCUT2D eigenvalue weighted by Crippen LogP contribution is -3.15. The second-order valence-corrected chi connectivity index (χ2v) is 9.21. The maximum Gasteiger partial charge on any atom is 0.210 e. The molecule has 1 aromatic carbocycles. The number of aromatic nitrogens is 2. The van der Waals surface area contributed by atoms with Gasteiger partial charge in [-0.2, -0.15) is 0 Å². The molecule has 1 unspecified atom stereocenters. The number of hydrogen-bond donors (Lipinski definition) is 2. The molecule has 0 saturated carbocycles. The number of aryl methyl sites for hydroxylation is 1. The van der Waals surface area contributed by atoms with Gasteiger partial charge in [0.15, 0.2) is 4.34 Å². The second kappa shape index (κ2) is 8.98. The van der Waals surface area contributed by atoms with Crippen molar-refractivity contribution in [3.63, 3.8) is 0 Å². The number of nitrogens with zero attached hydrogens (tertiary/aromatic N) is 2. The molecule has 2 N–H and O–H groups in total. The van der Waals surface area contributed by atoms with Gasteiger partial charge in [-0.3, -0.25) is 0 Å². The summed E-state index contributed by atoms with van der Waals surface area (Å²) in [5, 5.41) is 12.7. The molecule has 0 amide bonds. The first kappa shape index (κ1) is 18.6. The van der Waals surface area contributed by atoms with Crippen molar-refractivity contribution in [1.29, 1.82) is 0 Å². The summed E-state index contributed by atoms with van der Waals surface area (Å²) >= 11 is 3.35. The summed E-state index contributed by atoms with van der Waals surface area (Å²) < 4.78 is 6.92. The Balaban J connectivity index is 1.47. The monoisotopic (exact) mass is 379 g/mol. The smallest absolute Gasteiger partial charge is 0.210 e. The molecule has 3 rings (SSSR count). The third kappa shape index (κ3) is 5.95. The number of benzene rings is 1. The second-order valence-electron chi connectivity index (χ2n) is 6.97. The van der Waals surface area contributed by atoms with Crippen LogP contribution >= 0.6 is 23.1 Å². The van der Waals surface area contributed by atoms with E-state index in [-0.39, 0.29) is 0 Å². The minimum atomic E-state index is 0.310. The third-order valence-electron chi connectivity index (χ3n) is 4.12. The summed E-state index contributed by atoms with van der Waals surface area (Å²) in [5.41, 5.74) is 2.29. The standard InChI is InChI=1S/C18H26N4OS2/c1-13(2)10-22-8-9-23-16(11-22)12-24-18-21-20-17(25-18)19-15-6-4-14(3)5-7-15/h4-7,13,16H,8-12H2,1-3H3,(H,19,20)/p+1/t16-/m0/s1. The van der Waals surface area contributed by atoms with Crippen LogP contribution in [0.2, 0.25) is 0 Å². The van der Waals surface area contributed by atoms with Crippen molar-refractivity contribution in [3.05, 3.63) is 29.8 Å². The zero-order valence-corrected chi connectivity index (χ0v) is 16.8. The Bertz CT molecular complexity index is 659. The highest BCUT2D eigenvalue weighted by molar-refractivity contribution is 8.01. The van der Waals surface area contributed by atoms with Crippen molar-refractivity contribution < 1.29 is 9.64 Å². The zero-order valence-electron chi connectivity index (χ0n) is 15.1. The minimum Gasteiger partial charge on any atom is -0.366 e. The van der Waals surface area contributed by atoms with Crippen molar-refractivity contribution in [3.8, 4) is 0 Å². The number of ether oxygens (including phenoxy) is 1. The van der Waals surface area contributed by atoms with Gasteiger partial charge in [0.2, 0.25) is 5.13 Å². The number of anilines is 2. The van der Waals surface area contributed by atoms with Crippen LogP contribution in [-0.4, -0.2) is 48.3 Å². The van der Waals surface area contributed by atoms with E-state index in [1.165, 1.54) is 12.1 Å². The molecule has 2 atom stereocenters. The van der Waals surface area contributed by atoms with Crippen LogP contribution in [0.3, 0.4) is 0 Å². The van der Waals surface area contributed by atoms with E-state index in [2.05, 4.69) is 60.6 Å². The number of morpholine rings is 1. The van der Waals surface area contributed by atoms with Gasteiger partial charge >= 0.3 is 0 Å². The van der Waals surface area contributed by atoms with Crippen LogP contribution in [0.25, 0.3) is 0 Å². The van der Waals surface area contributed by atoms with E-state index in [1.807, 2.05) is 0 Å². The molecule has 1 fully saturated rings. The summed E-state index contributed by atoms with van der Waals surface area (Å²) in [6, 6.07) is 8.30. The molecular weight excluding hydrogens is 352 g/mol. The average molecular weight is 380 g/mol. The van der Waals surface area contributed by atoms with Crippen LogP contribution in [0.15, 0.2) is 28.6 Å². The van der Waals surface area contributed by atoms with Crippen molar-refractivity contribution in [1.82, 2.24) is 10.2 Å². The van der Waals surface area contributed by atoms with Gasteiger partial charge < -0.3 is 15.0 Å². The summed E-state index contributed by atoms with van der Waals surface area (Å²) in [6.07, 6.45) is 0.310. The Hall–Kier alpha value is -1.15. The van der Waals surface area contributed by atoms with Crippen LogP contribution < -0.4 is 10.2 Å². The van der Waals surface area contributed by atoms with E-state index >= 15 is 0 Å². The molecule has 0 radical (unpaired) electrons. The highest BCUT2D eigenvalue weighted by Crippen LogP contribution is 2.28. The fourth-order valence-corrected chi connectivity index (χ4v) is 4.78. The Morgan fingerprint density at radius 3 is 2.88 bits per heavy atom. The van der Waals surface area contributed by atoms with E-state index in [9.17, 15) is 0 Å². The Kier molecular flexibility index (Phi) is 6.70. The van der Waals surface area contributed by atoms with E-state index in [1.54, 1.807) is 28.0 Å². The molecule has 5 nitrogen and oxygen atoms in total. The van der Waals surface area contributed by atoms with Gasteiger partial charge in [0, 0.05) is 17.4 Å². The first-order chi connectivity index (χ1) is 12.1. The Morgan fingerprint density at radius 1 is 1.32 bits per heavy atom. The third-order valence-corrected chi connectivity index (χ3v) is 6.23. The molecule has 1 aromatic heterocycles. The number of rotatable bonds is 7. The van der Waals surface area contributed by atoms with Crippen molar-refractivity contribution in [2.24, 2.45) is 5.92 Å². The van der Waals surface area contributed by atoms with Crippen LogP contribution in [0.4, 0.5) is 10.8 Å². The lowest BCUT2D eigenvalue weighted by atomic mass is 10.2. The number of thioether (sulfide) groups is 1. The predicted octanol–water partition coefficient (Wildman–Crippen LogP) is 2.62. The molecule has 25 heavy (non-hydrogen) atoms. The fraction of sp³-hybridized carbons (Fsp3) is 0.556. The van der Waals surface area contributed by atoms with Gasteiger partial charge in [-0.1, -0.05) is 54.6 Å². The van der Waals surface area contributed by atoms with E-state index in [4.69, 9.17) is 4.74 Å². The first-order valence-electron chi connectivity index (χ1n) is 8.83. The largest absolute Gasteiger partial charge is 0.366 e. The molecule has 7 heteroatoms. The van der Waals surface area contributed by atoms with E-state index in [0.29, 0.717) is 6.10 Å². The molecule has 0 aliphatic carbocycles. The van der Waals surface area contributed by atoms with Crippen LogP contribution in [0.5, 0.6) is 0 Å². The highest BCUT2D eigenvalue weighted by atomic mass is 32.2. The maximum atomic E-state index is 5.92. The summed E-state index contributed by atoms with van der Waals surface area (Å²) in [6.45, 7) is 11.0. The molecule has 136 valence electrons. The first-order valence-corrected chi connectivity index (χ1v) is 10.6. The lowest BCUT2D eigenvalue weighted by molar-refractivity contribution is -0.914. The fourth-order valence-electron chi connectivity index (χ4n) is 2.97. The number of quaternary nitrogens is 1. The quantitative estimate of drug-likeness (QED) is 0.725. The number of nitrogens with one attached hydrogen (secondary N) is 2. The van der Waals surface area contributed by atoms with Crippen LogP contribution in [0.1, 0.15) is 19.4 Å². The SMILES string of the molecule is Cc1ccc(Nc2nnc(SC[C@@H]3C[NH+](CC(C)C)CCO3)s2)cc1. The predicted molar refractivity (Wildman–Crippen MR) is 105 cm³/mol. The van der Waals surface area contributed by atoms with Gasteiger partial charge in [-0.25, -0.2) is 0 Å². The molecule has 1 aliphatic heterocycles. The summed E-state index contributed by atoms with van der Waals surface area (Å²) in [5.74, 6) is 1.68. The van der Waals surface area contributed by atoms with Crippen molar-refractivity contribution >= 4 is 33.9 Å². The summed E-state index contributed by atoms with van der Waals surface area (Å²) in [7, 11) is 0. The molecule has 2 aromatic rings. The minimum absolute atomic E-state index is 0.310. The van der Waals surface area contributed by atoms with Gasteiger partial charge in [0.1, 0.15) is 19.2 Å². The average Bonchev–Trinajstić information content (AvgIpc) is 3.02. The molecule has 0 bridgehead atoms.